The highest BCUT2D eigenvalue weighted by Gasteiger charge is 2.50. The molecule has 6 rings (SSSR count). The minimum atomic E-state index is -4.05. The molecule has 314 valence electrons. The largest absolute Gasteiger partial charge is 0.462 e. The van der Waals surface area contributed by atoms with E-state index in [9.17, 15) is 23.4 Å². The van der Waals surface area contributed by atoms with E-state index in [2.05, 4.69) is 43.6 Å². The minimum absolute atomic E-state index is 0.0242. The van der Waals surface area contributed by atoms with Crippen LogP contribution in [0.5, 0.6) is 5.75 Å². The lowest BCUT2D eigenvalue weighted by Gasteiger charge is -2.54. The highest BCUT2D eigenvalue weighted by atomic mass is 35.5. The van der Waals surface area contributed by atoms with Gasteiger partial charge in [-0.15, -0.1) is 0 Å². The summed E-state index contributed by atoms with van der Waals surface area (Å²) in [5.74, 6) is -0.215. The molecule has 0 fully saturated rings. The number of allylic oxidation sites excluding steroid dienone is 2. The number of hydrogen-bond acceptors (Lipinski definition) is 9. The first kappa shape index (κ1) is 44.7. The maximum atomic E-state index is 14.1. The first-order valence-corrected chi connectivity index (χ1v) is 22.5. The Bertz CT molecular complexity index is 2340. The molecule has 0 aromatic heterocycles. The van der Waals surface area contributed by atoms with Crippen molar-refractivity contribution in [1.82, 2.24) is 9.21 Å². The summed E-state index contributed by atoms with van der Waals surface area (Å²) in [7, 11) is -4.05. The van der Waals surface area contributed by atoms with Crippen molar-refractivity contribution >= 4 is 79.2 Å². The molecule has 1 aliphatic carbocycles. The molecule has 1 atom stereocenters. The number of aliphatic hydroxyl groups excluding tert-OH is 2. The number of carbonyl (C=O) groups excluding carboxylic acids is 1. The number of benzene rings is 2. The number of carbonyl (C=O) groups is 1. The zero-order valence-electron chi connectivity index (χ0n) is 34.3. The lowest BCUT2D eigenvalue weighted by Crippen LogP contribution is -2.60. The maximum absolute atomic E-state index is 14.1. The summed E-state index contributed by atoms with van der Waals surface area (Å²) in [5.41, 5.74) is 3.99. The summed E-state index contributed by atoms with van der Waals surface area (Å²) in [6.45, 7) is 18.5. The van der Waals surface area contributed by atoms with Crippen LogP contribution in [0.15, 0.2) is 58.9 Å². The van der Waals surface area contributed by atoms with Crippen LogP contribution in [0.3, 0.4) is 0 Å². The van der Waals surface area contributed by atoms with Crippen LogP contribution in [-0.4, -0.2) is 102 Å². The third-order valence-corrected chi connectivity index (χ3v) is 15.2. The van der Waals surface area contributed by atoms with Gasteiger partial charge in [-0.05, 0) is 96.9 Å². The molecule has 0 saturated heterocycles. The molecule has 0 bridgehead atoms. The van der Waals surface area contributed by atoms with E-state index in [1.165, 1.54) is 0 Å². The molecule has 58 heavy (non-hydrogen) atoms. The summed E-state index contributed by atoms with van der Waals surface area (Å²) < 4.78 is 41.8. The van der Waals surface area contributed by atoms with E-state index in [0.717, 1.165) is 27.7 Å². The maximum Gasteiger partial charge on any atom is 0.340 e. The number of halogens is 4. The molecule has 3 aliphatic heterocycles. The van der Waals surface area contributed by atoms with Crippen molar-refractivity contribution < 1.29 is 32.9 Å². The third-order valence-electron chi connectivity index (χ3n) is 11.5. The van der Waals surface area contributed by atoms with Crippen LogP contribution < -0.4 is 9.64 Å². The average molecular weight is 896 g/mol. The summed E-state index contributed by atoms with van der Waals surface area (Å²) in [6, 6.07) is 4.03. The summed E-state index contributed by atoms with van der Waals surface area (Å²) in [6.07, 6.45) is 8.06. The van der Waals surface area contributed by atoms with E-state index in [4.69, 9.17) is 55.9 Å². The van der Waals surface area contributed by atoms with Crippen molar-refractivity contribution in [2.45, 2.75) is 78.9 Å². The monoisotopic (exact) mass is 893 g/mol. The second-order valence-corrected chi connectivity index (χ2v) is 19.6. The fraction of sp³-hybridized carbons (Fsp3) is 0.465. The number of rotatable bonds is 12. The van der Waals surface area contributed by atoms with Crippen molar-refractivity contribution in [3.05, 3.63) is 101 Å². The fourth-order valence-corrected chi connectivity index (χ4v) is 11.9. The highest BCUT2D eigenvalue weighted by Crippen LogP contribution is 2.56. The van der Waals surface area contributed by atoms with Gasteiger partial charge in [0.15, 0.2) is 0 Å². The quantitative estimate of drug-likeness (QED) is 0.122. The van der Waals surface area contributed by atoms with Crippen molar-refractivity contribution in [2.75, 3.05) is 56.7 Å². The van der Waals surface area contributed by atoms with E-state index < -0.39 is 46.0 Å². The number of ether oxygens (including phenoxy) is 2. The average Bonchev–Trinajstić information content (AvgIpc) is 3.12. The predicted molar refractivity (Wildman–Crippen MR) is 235 cm³/mol. The zero-order chi connectivity index (χ0) is 42.9. The third kappa shape index (κ3) is 7.36. The first-order valence-electron chi connectivity index (χ1n) is 19.4. The Hall–Kier alpha value is -2.84. The van der Waals surface area contributed by atoms with Crippen LogP contribution in [0.4, 0.5) is 5.69 Å². The number of likely N-dealkylation sites (N-methyl/N-ethyl adjacent to an activating group) is 2. The molecule has 2 aromatic carbocycles. The fourth-order valence-electron chi connectivity index (χ4n) is 9.39. The summed E-state index contributed by atoms with van der Waals surface area (Å²) in [5, 5.41) is 19.2. The summed E-state index contributed by atoms with van der Waals surface area (Å²) in [4.78, 5) is 18.5. The van der Waals surface area contributed by atoms with Gasteiger partial charge in [0, 0.05) is 64.8 Å². The number of nitrogens with zero attached hydrogens (tertiary/aromatic N) is 3. The number of hydrogen-bond donors (Lipinski definition) is 2. The Balaban J connectivity index is 1.76. The number of fused-ring (bicyclic) bond motifs is 4. The molecule has 15 heteroatoms. The summed E-state index contributed by atoms with van der Waals surface area (Å²) >= 11 is 27.6. The van der Waals surface area contributed by atoms with Crippen LogP contribution >= 0.6 is 46.4 Å². The zero-order valence-corrected chi connectivity index (χ0v) is 38.2. The smallest absolute Gasteiger partial charge is 0.340 e. The van der Waals surface area contributed by atoms with Crippen LogP contribution in [0, 0.1) is 0 Å². The second-order valence-electron chi connectivity index (χ2n) is 16.1. The lowest BCUT2D eigenvalue weighted by atomic mass is 9.71. The number of anilines is 1. The molecule has 0 amide bonds. The molecule has 0 spiro atoms. The van der Waals surface area contributed by atoms with Gasteiger partial charge in [-0.1, -0.05) is 65.5 Å². The van der Waals surface area contributed by atoms with Crippen LogP contribution in [0.2, 0.25) is 20.1 Å². The Morgan fingerprint density at radius 3 is 2.09 bits per heavy atom. The molecule has 10 nitrogen and oxygen atoms in total. The van der Waals surface area contributed by atoms with E-state index in [0.29, 0.717) is 45.9 Å². The molecular weight excluding hydrogens is 844 g/mol. The molecule has 0 radical (unpaired) electrons. The molecule has 4 aliphatic rings. The number of sulfonamides is 1. The van der Waals surface area contributed by atoms with E-state index in [1.807, 2.05) is 58.1 Å². The molecule has 3 heterocycles. The van der Waals surface area contributed by atoms with Crippen molar-refractivity contribution in [3.8, 4) is 5.75 Å². The van der Waals surface area contributed by atoms with Gasteiger partial charge in [0.05, 0.1) is 62.3 Å². The molecule has 1 unspecified atom stereocenters. The van der Waals surface area contributed by atoms with Gasteiger partial charge < -0.3 is 24.6 Å². The topological polar surface area (TPSA) is 120 Å². The van der Waals surface area contributed by atoms with Gasteiger partial charge in [0.1, 0.15) is 11.5 Å². The van der Waals surface area contributed by atoms with Gasteiger partial charge in [-0.3, -0.25) is 4.90 Å². The van der Waals surface area contributed by atoms with Crippen molar-refractivity contribution in [1.29, 1.82) is 0 Å². The Labute approximate surface area is 362 Å². The Morgan fingerprint density at radius 2 is 1.50 bits per heavy atom. The van der Waals surface area contributed by atoms with Gasteiger partial charge in [0.25, 0.3) is 0 Å². The van der Waals surface area contributed by atoms with Crippen LogP contribution in [0.25, 0.3) is 11.1 Å². The molecular formula is C43H51Cl4N3O7S. The molecule has 0 saturated carbocycles. The Kier molecular flexibility index (Phi) is 12.5. The van der Waals surface area contributed by atoms with Crippen LogP contribution in [0.1, 0.15) is 89.4 Å². The Morgan fingerprint density at radius 1 is 0.862 bits per heavy atom. The van der Waals surface area contributed by atoms with Gasteiger partial charge in [-0.25, -0.2) is 13.2 Å². The van der Waals surface area contributed by atoms with E-state index in [1.54, 1.807) is 6.92 Å². The molecule has 2 aromatic rings. The second kappa shape index (κ2) is 16.2. The van der Waals surface area contributed by atoms with E-state index in [-0.39, 0.29) is 56.5 Å². The van der Waals surface area contributed by atoms with Gasteiger partial charge in [-0.2, -0.15) is 4.31 Å². The highest BCUT2D eigenvalue weighted by molar-refractivity contribution is 7.89. The normalized spacial score (nSPS) is 20.9. The van der Waals surface area contributed by atoms with Gasteiger partial charge >= 0.3 is 5.97 Å². The SMILES string of the molecule is CCOC(=O)c1c(Cl)c(Cl)c(Cl)c(Cl)c1C1=C2C=C3C(CS(=O)(=O)N(CCO)CCO)=CC(C)(C)N(CC)C3(C)C=C2Oc2cc3c(cc21)C(C)=CC(C)(C)N3CC. The van der Waals surface area contributed by atoms with Crippen molar-refractivity contribution in [3.63, 3.8) is 0 Å². The van der Waals surface area contributed by atoms with Gasteiger partial charge in [0.2, 0.25) is 10.0 Å². The predicted octanol–water partition coefficient (Wildman–Crippen LogP) is 8.93. The lowest BCUT2D eigenvalue weighted by molar-refractivity contribution is 0.0526. The van der Waals surface area contributed by atoms with Crippen molar-refractivity contribution in [2.24, 2.45) is 0 Å². The molecule has 2 N–H and O–H groups in total. The number of esters is 1. The van der Waals surface area contributed by atoms with Crippen LogP contribution in [-0.2, 0) is 14.8 Å². The standard InChI is InChI=1S/C43H51Cl4N3O7S/c1-10-49-30-19-31-27(17-26(30)24(4)20-41(49,5)6)33(34-35(40(53)56-12-3)37(45)39(47)38(46)36(34)44)28-18-29-25(23-58(54,55)48(13-15-51)14-16-52)21-42(7,8)50(11-2)43(29,9)22-32(28)57-31/h17-22,51-52H,10-16,23H2,1-9H3. The number of aliphatic hydroxyl groups is 2. The minimum Gasteiger partial charge on any atom is -0.462 e. The first-order chi connectivity index (χ1) is 27.1. The van der Waals surface area contributed by atoms with E-state index >= 15 is 0 Å².